The van der Waals surface area contributed by atoms with Gasteiger partial charge in [0.15, 0.2) is 9.84 Å². The Hall–Kier alpha value is -1.15. The van der Waals surface area contributed by atoms with Crippen molar-refractivity contribution in [1.29, 1.82) is 0 Å². The van der Waals surface area contributed by atoms with Crippen molar-refractivity contribution in [2.24, 2.45) is 5.92 Å². The van der Waals surface area contributed by atoms with Crippen molar-refractivity contribution in [3.8, 4) is 0 Å². The van der Waals surface area contributed by atoms with Crippen LogP contribution >= 0.6 is 0 Å². The third kappa shape index (κ3) is 5.94. The smallest absolute Gasteiger partial charge is 0.226 e. The van der Waals surface area contributed by atoms with Crippen LogP contribution in [0, 0.1) is 5.92 Å². The normalized spacial score (nSPS) is 28.6. The molecule has 0 bridgehead atoms. The van der Waals surface area contributed by atoms with Crippen molar-refractivity contribution >= 4 is 21.7 Å². The first-order chi connectivity index (χ1) is 12.4. The van der Waals surface area contributed by atoms with Gasteiger partial charge in [-0.15, -0.1) is 0 Å². The van der Waals surface area contributed by atoms with Gasteiger partial charge in [0, 0.05) is 19.0 Å². The van der Waals surface area contributed by atoms with Gasteiger partial charge < -0.3 is 10.6 Å². The molecule has 8 heteroatoms. The first-order valence-electron chi connectivity index (χ1n) is 9.87. The maximum Gasteiger partial charge on any atom is 0.226 e. The summed E-state index contributed by atoms with van der Waals surface area (Å²) >= 11 is 0. The zero-order valence-electron chi connectivity index (χ0n) is 16.0. The Balaban J connectivity index is 1.93. The Morgan fingerprint density at radius 3 is 2.62 bits per heavy atom. The van der Waals surface area contributed by atoms with Crippen molar-refractivity contribution in [2.45, 2.75) is 64.5 Å². The van der Waals surface area contributed by atoms with Crippen LogP contribution in [0.25, 0.3) is 0 Å². The monoisotopic (exact) mass is 387 g/mol. The van der Waals surface area contributed by atoms with Crippen LogP contribution in [0.2, 0.25) is 0 Å². The fourth-order valence-electron chi connectivity index (χ4n) is 3.85. The molecule has 3 atom stereocenters. The average molecular weight is 388 g/mol. The number of hydrogen-bond donors (Lipinski definition) is 2. The Bertz CT molecular complexity index is 593. The van der Waals surface area contributed by atoms with Crippen LogP contribution in [0.3, 0.4) is 0 Å². The maximum absolute atomic E-state index is 12.6. The molecular formula is C18H33N3O4S. The first-order valence-corrected chi connectivity index (χ1v) is 11.7. The Morgan fingerprint density at radius 2 is 1.92 bits per heavy atom. The van der Waals surface area contributed by atoms with Crippen LogP contribution < -0.4 is 10.6 Å². The highest BCUT2D eigenvalue weighted by atomic mass is 32.2. The molecule has 0 aromatic carbocycles. The van der Waals surface area contributed by atoms with Crippen LogP contribution in [0.5, 0.6) is 0 Å². The van der Waals surface area contributed by atoms with E-state index in [2.05, 4.69) is 22.5 Å². The molecule has 2 amide bonds. The van der Waals surface area contributed by atoms with Gasteiger partial charge in [-0.25, -0.2) is 8.42 Å². The van der Waals surface area contributed by atoms with E-state index in [4.69, 9.17) is 0 Å². The number of carbonyl (C=O) groups excluding carboxylic acids is 2. The minimum absolute atomic E-state index is 0.150. The summed E-state index contributed by atoms with van der Waals surface area (Å²) in [5, 5.41) is 5.66. The van der Waals surface area contributed by atoms with Gasteiger partial charge in [0.1, 0.15) is 0 Å². The second kappa shape index (κ2) is 9.69. The van der Waals surface area contributed by atoms with Gasteiger partial charge >= 0.3 is 0 Å². The Kier molecular flexibility index (Phi) is 7.88. The highest BCUT2D eigenvalue weighted by Gasteiger charge is 2.42. The van der Waals surface area contributed by atoms with E-state index in [1.807, 2.05) is 0 Å². The molecule has 2 fully saturated rings. The van der Waals surface area contributed by atoms with E-state index in [1.54, 1.807) is 6.92 Å². The summed E-state index contributed by atoms with van der Waals surface area (Å²) in [6.07, 6.45) is 5.99. The standard InChI is InChI=1S/C18H33N3O4S/c1-3-5-9-21-10-7-6-8-14(21)11-19-18(23)15-12-26(24,25)13-16(15)20-17(22)4-2/h14-16H,3-13H2,1-2H3,(H,19,23)(H,20,22)/t14?,15-,16-/m1/s1. The van der Waals surface area contributed by atoms with Gasteiger partial charge in [-0.3, -0.25) is 14.5 Å². The number of nitrogens with one attached hydrogen (secondary N) is 2. The van der Waals surface area contributed by atoms with Crippen LogP contribution in [-0.2, 0) is 19.4 Å². The van der Waals surface area contributed by atoms with Gasteiger partial charge in [-0.1, -0.05) is 26.7 Å². The van der Waals surface area contributed by atoms with Gasteiger partial charge in [0.05, 0.1) is 23.5 Å². The van der Waals surface area contributed by atoms with Crippen LogP contribution in [0.1, 0.15) is 52.4 Å². The molecule has 0 aromatic rings. The van der Waals surface area contributed by atoms with Gasteiger partial charge in [0.25, 0.3) is 0 Å². The van der Waals surface area contributed by atoms with E-state index < -0.39 is 21.8 Å². The number of nitrogens with zero attached hydrogens (tertiary/aromatic N) is 1. The topological polar surface area (TPSA) is 95.6 Å². The predicted molar refractivity (Wildman–Crippen MR) is 101 cm³/mol. The SMILES string of the molecule is CCCCN1CCCCC1CNC(=O)[C@@H]1CS(=O)(=O)C[C@H]1NC(=O)CC. The molecule has 0 aromatic heterocycles. The fourth-order valence-corrected chi connectivity index (χ4v) is 5.78. The van der Waals surface area contributed by atoms with Crippen LogP contribution in [0.15, 0.2) is 0 Å². The quantitative estimate of drug-likeness (QED) is 0.639. The zero-order valence-corrected chi connectivity index (χ0v) is 16.8. The molecule has 0 radical (unpaired) electrons. The first kappa shape index (κ1) is 21.2. The van der Waals surface area contributed by atoms with E-state index >= 15 is 0 Å². The van der Waals surface area contributed by atoms with E-state index in [1.165, 1.54) is 6.42 Å². The second-order valence-corrected chi connectivity index (χ2v) is 9.65. The largest absolute Gasteiger partial charge is 0.354 e. The number of hydrogen-bond acceptors (Lipinski definition) is 5. The van der Waals surface area contributed by atoms with Crippen molar-refractivity contribution in [3.63, 3.8) is 0 Å². The predicted octanol–water partition coefficient (Wildman–Crippen LogP) is 0.697. The van der Waals surface area contributed by atoms with Crippen molar-refractivity contribution in [1.82, 2.24) is 15.5 Å². The minimum Gasteiger partial charge on any atom is -0.354 e. The molecule has 2 saturated heterocycles. The molecule has 26 heavy (non-hydrogen) atoms. The van der Waals surface area contributed by atoms with Crippen LogP contribution in [-0.4, -0.2) is 68.4 Å². The Morgan fingerprint density at radius 1 is 1.15 bits per heavy atom. The van der Waals surface area contributed by atoms with E-state index in [-0.39, 0.29) is 29.7 Å². The summed E-state index contributed by atoms with van der Waals surface area (Å²) in [6.45, 7) is 6.54. The number of sulfone groups is 1. The highest BCUT2D eigenvalue weighted by Crippen LogP contribution is 2.21. The molecule has 0 saturated carbocycles. The molecule has 150 valence electrons. The number of carbonyl (C=O) groups is 2. The molecule has 2 heterocycles. The molecule has 2 aliphatic rings. The lowest BCUT2D eigenvalue weighted by atomic mass is 10.00. The van der Waals surface area contributed by atoms with Crippen LogP contribution in [0.4, 0.5) is 0 Å². The maximum atomic E-state index is 12.6. The van der Waals surface area contributed by atoms with Crippen molar-refractivity contribution in [2.75, 3.05) is 31.1 Å². The molecule has 2 aliphatic heterocycles. The molecule has 0 spiro atoms. The number of rotatable bonds is 8. The summed E-state index contributed by atoms with van der Waals surface area (Å²) in [7, 11) is -3.30. The van der Waals surface area contributed by atoms with E-state index in [0.29, 0.717) is 12.6 Å². The lowest BCUT2D eigenvalue weighted by molar-refractivity contribution is -0.126. The summed E-state index contributed by atoms with van der Waals surface area (Å²) in [4.78, 5) is 26.7. The van der Waals surface area contributed by atoms with Gasteiger partial charge in [0.2, 0.25) is 11.8 Å². The molecular weight excluding hydrogens is 354 g/mol. The lowest BCUT2D eigenvalue weighted by Gasteiger charge is -2.36. The number of likely N-dealkylation sites (tertiary alicyclic amines) is 1. The third-order valence-corrected chi connectivity index (χ3v) is 7.15. The van der Waals surface area contributed by atoms with E-state index in [9.17, 15) is 18.0 Å². The van der Waals surface area contributed by atoms with Gasteiger partial charge in [-0.2, -0.15) is 0 Å². The third-order valence-electron chi connectivity index (χ3n) is 5.42. The lowest BCUT2D eigenvalue weighted by Crippen LogP contribution is -2.50. The number of piperidine rings is 1. The molecule has 7 nitrogen and oxygen atoms in total. The number of amides is 2. The average Bonchev–Trinajstić information content (AvgIpc) is 2.92. The molecule has 2 N–H and O–H groups in total. The molecule has 0 aliphatic carbocycles. The summed E-state index contributed by atoms with van der Waals surface area (Å²) in [6, 6.07) is -0.295. The Labute approximate surface area is 157 Å². The van der Waals surface area contributed by atoms with E-state index in [0.717, 1.165) is 38.8 Å². The summed E-state index contributed by atoms with van der Waals surface area (Å²) in [5.74, 6) is -1.50. The van der Waals surface area contributed by atoms with Crippen molar-refractivity contribution in [3.05, 3.63) is 0 Å². The van der Waals surface area contributed by atoms with Gasteiger partial charge in [-0.05, 0) is 32.4 Å². The fraction of sp³-hybridized carbons (Fsp3) is 0.889. The van der Waals surface area contributed by atoms with Crippen molar-refractivity contribution < 1.29 is 18.0 Å². The highest BCUT2D eigenvalue weighted by molar-refractivity contribution is 7.91. The summed E-state index contributed by atoms with van der Waals surface area (Å²) < 4.78 is 23.9. The second-order valence-electron chi connectivity index (χ2n) is 7.50. The zero-order chi connectivity index (χ0) is 19.2. The number of unbranched alkanes of at least 4 members (excludes halogenated alkanes) is 1. The molecule has 2 rings (SSSR count). The summed E-state index contributed by atoms with van der Waals surface area (Å²) in [5.41, 5.74) is 0. The molecule has 1 unspecified atom stereocenters. The minimum atomic E-state index is -3.30.